The van der Waals surface area contributed by atoms with Crippen LogP contribution in [0.4, 0.5) is 0 Å². The van der Waals surface area contributed by atoms with E-state index in [9.17, 15) is 0 Å². The van der Waals surface area contributed by atoms with E-state index >= 15 is 0 Å². The fraction of sp³-hybridized carbons (Fsp3) is 0.188. The van der Waals surface area contributed by atoms with E-state index in [4.69, 9.17) is 13.9 Å². The molecule has 6 rings (SSSR count). The molecule has 0 saturated carbocycles. The average molecular weight is 467 g/mol. The van der Waals surface area contributed by atoms with Gasteiger partial charge in [-0.05, 0) is 70.5 Å². The number of ether oxygens (including phenoxy) is 2. The molecule has 5 aromatic rings. The molecular formula is C32H34O3. The average Bonchev–Trinajstić information content (AvgIpc) is 3.49. The molecule has 0 saturated heterocycles. The predicted molar refractivity (Wildman–Crippen MR) is 145 cm³/mol. The van der Waals surface area contributed by atoms with Crippen molar-refractivity contribution in [2.24, 2.45) is 0 Å². The first-order valence-corrected chi connectivity index (χ1v) is 11.8. The van der Waals surface area contributed by atoms with E-state index in [1.807, 2.05) is 61.5 Å². The van der Waals surface area contributed by atoms with Crippen LogP contribution in [0.1, 0.15) is 27.8 Å². The summed E-state index contributed by atoms with van der Waals surface area (Å²) in [6, 6.07) is 32.7. The minimum Gasteiger partial charge on any atom is -0.464 e. The van der Waals surface area contributed by atoms with Crippen molar-refractivity contribution in [1.82, 2.24) is 0 Å². The van der Waals surface area contributed by atoms with Gasteiger partial charge in [0.2, 0.25) is 6.79 Å². The number of furan rings is 1. The number of aryl methyl sites for hydroxylation is 5. The Balaban J connectivity index is 0.000000132. The number of hydrogen-bond acceptors (Lipinski definition) is 3. The first-order valence-electron chi connectivity index (χ1n) is 11.8. The third kappa shape index (κ3) is 8.71. The summed E-state index contributed by atoms with van der Waals surface area (Å²) < 4.78 is 15.5. The maximum atomic E-state index is 5.17. The van der Waals surface area contributed by atoms with Crippen LogP contribution in [-0.2, 0) is 0 Å². The third-order valence-corrected chi connectivity index (χ3v) is 5.25. The summed E-state index contributed by atoms with van der Waals surface area (Å²) >= 11 is 0. The number of fused-ring (bicyclic) bond motifs is 2. The molecule has 3 nitrogen and oxygen atoms in total. The van der Waals surface area contributed by atoms with Crippen LogP contribution in [0.25, 0.3) is 11.0 Å². The quantitative estimate of drug-likeness (QED) is 0.229. The van der Waals surface area contributed by atoms with E-state index in [-0.39, 0.29) is 0 Å². The molecule has 0 radical (unpaired) electrons. The molecule has 1 aromatic heterocycles. The molecule has 0 atom stereocenters. The summed E-state index contributed by atoms with van der Waals surface area (Å²) in [6.45, 7) is 10.8. The molecule has 2 heterocycles. The molecule has 1 aliphatic rings. The Morgan fingerprint density at radius 1 is 0.486 bits per heavy atom. The molecule has 0 aliphatic carbocycles. The van der Waals surface area contributed by atoms with Crippen molar-refractivity contribution >= 4 is 11.0 Å². The van der Waals surface area contributed by atoms with Crippen LogP contribution in [0, 0.1) is 34.6 Å². The summed E-state index contributed by atoms with van der Waals surface area (Å²) in [4.78, 5) is 0. The van der Waals surface area contributed by atoms with Crippen LogP contribution in [0.15, 0.2) is 108 Å². The minimum absolute atomic E-state index is 0.360. The molecule has 180 valence electrons. The zero-order chi connectivity index (χ0) is 25.0. The first-order chi connectivity index (χ1) is 16.9. The van der Waals surface area contributed by atoms with Gasteiger partial charge in [0.05, 0.1) is 6.26 Å². The molecule has 0 bridgehead atoms. The largest absolute Gasteiger partial charge is 0.464 e. The van der Waals surface area contributed by atoms with E-state index in [0.717, 1.165) is 17.1 Å². The highest BCUT2D eigenvalue weighted by Crippen LogP contribution is 2.31. The van der Waals surface area contributed by atoms with Gasteiger partial charge in [-0.25, -0.2) is 0 Å². The van der Waals surface area contributed by atoms with Gasteiger partial charge in [0, 0.05) is 5.39 Å². The van der Waals surface area contributed by atoms with Crippen LogP contribution in [0.2, 0.25) is 0 Å². The lowest BCUT2D eigenvalue weighted by molar-refractivity contribution is 0.174. The molecule has 0 amide bonds. The SMILES string of the molecule is Cc1ccc2c(c1)OCO2.Cc1ccc2occc2c1.Cc1cccc(C)c1.Cc1ccccc1. The van der Waals surface area contributed by atoms with Crippen molar-refractivity contribution in [3.63, 3.8) is 0 Å². The second kappa shape index (κ2) is 13.0. The molecular weight excluding hydrogens is 432 g/mol. The first kappa shape index (κ1) is 25.6. The Labute approximate surface area is 209 Å². The van der Waals surface area contributed by atoms with Gasteiger partial charge >= 0.3 is 0 Å². The van der Waals surface area contributed by atoms with Gasteiger partial charge in [-0.15, -0.1) is 0 Å². The smallest absolute Gasteiger partial charge is 0.231 e. The molecule has 0 spiro atoms. The van der Waals surface area contributed by atoms with Crippen LogP contribution >= 0.6 is 0 Å². The summed E-state index contributed by atoms with van der Waals surface area (Å²) in [5.41, 5.74) is 7.43. The topological polar surface area (TPSA) is 31.6 Å². The second-order valence-corrected chi connectivity index (χ2v) is 8.63. The van der Waals surface area contributed by atoms with Gasteiger partial charge in [0.25, 0.3) is 0 Å². The van der Waals surface area contributed by atoms with Crippen LogP contribution < -0.4 is 9.47 Å². The van der Waals surface area contributed by atoms with E-state index in [2.05, 4.69) is 70.2 Å². The van der Waals surface area contributed by atoms with Crippen molar-refractivity contribution in [2.75, 3.05) is 6.79 Å². The molecule has 1 aliphatic heterocycles. The standard InChI is InChI=1S/C9H8O.C8H8O2.C8H10.C7H8/c1-7-2-3-9-8(6-7)4-5-10-9;1-6-2-3-7-8(4-6)10-5-9-7;1-7-4-3-5-8(2)6-7;1-7-5-3-2-4-6-7/h2-6H,1H3;2-4H,5H2,1H3;3-6H,1-2H3;2-6H,1H3. The second-order valence-electron chi connectivity index (χ2n) is 8.63. The van der Waals surface area contributed by atoms with E-state index in [0.29, 0.717) is 6.79 Å². The Morgan fingerprint density at radius 3 is 1.71 bits per heavy atom. The van der Waals surface area contributed by atoms with Crippen molar-refractivity contribution in [3.8, 4) is 11.5 Å². The molecule has 0 fully saturated rings. The number of hydrogen-bond donors (Lipinski definition) is 0. The van der Waals surface area contributed by atoms with Crippen LogP contribution in [-0.4, -0.2) is 6.79 Å². The number of rotatable bonds is 0. The molecule has 0 N–H and O–H groups in total. The maximum absolute atomic E-state index is 5.17. The van der Waals surface area contributed by atoms with Crippen molar-refractivity contribution in [1.29, 1.82) is 0 Å². The third-order valence-electron chi connectivity index (χ3n) is 5.25. The van der Waals surface area contributed by atoms with Gasteiger partial charge in [-0.3, -0.25) is 0 Å². The highest BCUT2D eigenvalue weighted by Gasteiger charge is 2.11. The van der Waals surface area contributed by atoms with Crippen molar-refractivity contribution < 1.29 is 13.9 Å². The fourth-order valence-electron chi connectivity index (χ4n) is 3.43. The molecule has 3 heteroatoms. The highest BCUT2D eigenvalue weighted by atomic mass is 16.7. The van der Waals surface area contributed by atoms with Gasteiger partial charge in [-0.2, -0.15) is 0 Å². The number of benzene rings is 4. The summed E-state index contributed by atoms with van der Waals surface area (Å²) in [5, 5.41) is 1.18. The lowest BCUT2D eigenvalue weighted by Gasteiger charge is -1.94. The van der Waals surface area contributed by atoms with Gasteiger partial charge < -0.3 is 13.9 Å². The zero-order valence-corrected chi connectivity index (χ0v) is 21.2. The van der Waals surface area contributed by atoms with Crippen molar-refractivity contribution in [2.45, 2.75) is 34.6 Å². The summed E-state index contributed by atoms with van der Waals surface area (Å²) in [6.07, 6.45) is 1.71. The van der Waals surface area contributed by atoms with E-state index in [1.165, 1.54) is 33.2 Å². The monoisotopic (exact) mass is 466 g/mol. The van der Waals surface area contributed by atoms with Gasteiger partial charge in [-0.1, -0.05) is 89.0 Å². The predicted octanol–water partition coefficient (Wildman–Crippen LogP) is 8.76. The van der Waals surface area contributed by atoms with Crippen molar-refractivity contribution in [3.05, 3.63) is 131 Å². The Hall–Kier alpha value is -3.98. The summed E-state index contributed by atoms with van der Waals surface area (Å²) in [7, 11) is 0. The highest BCUT2D eigenvalue weighted by molar-refractivity contribution is 5.77. The van der Waals surface area contributed by atoms with E-state index < -0.39 is 0 Å². The van der Waals surface area contributed by atoms with Gasteiger partial charge in [0.15, 0.2) is 11.5 Å². The Bertz CT molecular complexity index is 1300. The fourth-order valence-corrected chi connectivity index (χ4v) is 3.43. The zero-order valence-electron chi connectivity index (χ0n) is 21.2. The maximum Gasteiger partial charge on any atom is 0.231 e. The molecule has 4 aromatic carbocycles. The summed E-state index contributed by atoms with van der Waals surface area (Å²) in [5.74, 6) is 1.71. The molecule has 35 heavy (non-hydrogen) atoms. The van der Waals surface area contributed by atoms with Crippen LogP contribution in [0.3, 0.4) is 0 Å². The lowest BCUT2D eigenvalue weighted by Crippen LogP contribution is -1.92. The minimum atomic E-state index is 0.360. The lowest BCUT2D eigenvalue weighted by atomic mass is 10.2. The molecule has 0 unspecified atom stereocenters. The van der Waals surface area contributed by atoms with Gasteiger partial charge in [0.1, 0.15) is 5.58 Å². The Kier molecular flexibility index (Phi) is 9.56. The Morgan fingerprint density at radius 2 is 1.09 bits per heavy atom. The normalized spacial score (nSPS) is 10.8. The van der Waals surface area contributed by atoms with Crippen LogP contribution in [0.5, 0.6) is 11.5 Å². The van der Waals surface area contributed by atoms with E-state index in [1.54, 1.807) is 6.26 Å².